The van der Waals surface area contributed by atoms with Crippen molar-refractivity contribution in [2.75, 3.05) is 11.5 Å². The van der Waals surface area contributed by atoms with Gasteiger partial charge in [-0.25, -0.2) is 8.42 Å². The van der Waals surface area contributed by atoms with Crippen molar-refractivity contribution in [3.05, 3.63) is 47.0 Å². The van der Waals surface area contributed by atoms with Crippen LogP contribution in [0.4, 0.5) is 0 Å². The first-order valence-electron chi connectivity index (χ1n) is 8.34. The van der Waals surface area contributed by atoms with Gasteiger partial charge in [0.05, 0.1) is 17.3 Å². The zero-order chi connectivity index (χ0) is 18.9. The predicted octanol–water partition coefficient (Wildman–Crippen LogP) is 3.65. The minimum absolute atomic E-state index is 0.0597. The summed E-state index contributed by atoms with van der Waals surface area (Å²) in [5, 5.41) is 13.2. The van der Waals surface area contributed by atoms with Gasteiger partial charge in [0.25, 0.3) is 5.22 Å². The first kappa shape index (κ1) is 18.5. The van der Waals surface area contributed by atoms with Crippen LogP contribution in [0.1, 0.15) is 18.1 Å². The van der Waals surface area contributed by atoms with E-state index in [1.807, 2.05) is 18.2 Å². The molecule has 0 saturated carbocycles. The molecule has 27 heavy (non-hydrogen) atoms. The third kappa shape index (κ3) is 4.72. The van der Waals surface area contributed by atoms with Gasteiger partial charge in [0.15, 0.2) is 9.84 Å². The smallest absolute Gasteiger partial charge is 0.277 e. The van der Waals surface area contributed by atoms with Crippen molar-refractivity contribution in [3.8, 4) is 11.3 Å². The highest BCUT2D eigenvalue weighted by molar-refractivity contribution is 7.98. The number of benzene rings is 1. The summed E-state index contributed by atoms with van der Waals surface area (Å²) in [5.74, 6) is 2.16. The molecule has 1 saturated heterocycles. The zero-order valence-corrected chi connectivity index (χ0v) is 16.6. The lowest BCUT2D eigenvalue weighted by Crippen LogP contribution is -2.07. The van der Waals surface area contributed by atoms with Crippen LogP contribution in [0.25, 0.3) is 11.3 Å². The molecule has 1 unspecified atom stereocenters. The van der Waals surface area contributed by atoms with Gasteiger partial charge < -0.3 is 8.94 Å². The molecule has 1 aliphatic rings. The van der Waals surface area contributed by atoms with Crippen LogP contribution in [0, 0.1) is 5.92 Å². The van der Waals surface area contributed by atoms with Crippen LogP contribution in [0.15, 0.2) is 44.5 Å². The van der Waals surface area contributed by atoms with E-state index in [0.29, 0.717) is 40.5 Å². The van der Waals surface area contributed by atoms with Crippen LogP contribution in [0.2, 0.25) is 5.02 Å². The second-order valence-electron chi connectivity index (χ2n) is 6.41. The molecule has 7 nitrogen and oxygen atoms in total. The summed E-state index contributed by atoms with van der Waals surface area (Å²) in [4.78, 5) is 0. The summed E-state index contributed by atoms with van der Waals surface area (Å²) in [6.07, 6.45) is 1.15. The quantitative estimate of drug-likeness (QED) is 0.552. The molecule has 0 bridgehead atoms. The highest BCUT2D eigenvalue weighted by atomic mass is 35.5. The van der Waals surface area contributed by atoms with Crippen LogP contribution in [0.3, 0.4) is 0 Å². The molecule has 1 atom stereocenters. The Labute approximate surface area is 165 Å². The molecule has 1 aliphatic heterocycles. The van der Waals surface area contributed by atoms with Crippen LogP contribution < -0.4 is 0 Å². The van der Waals surface area contributed by atoms with Crippen LogP contribution in [-0.4, -0.2) is 35.3 Å². The van der Waals surface area contributed by atoms with E-state index >= 15 is 0 Å². The lowest BCUT2D eigenvalue weighted by atomic mass is 10.1. The van der Waals surface area contributed by atoms with Crippen molar-refractivity contribution >= 4 is 33.2 Å². The average molecular weight is 426 g/mol. The molecule has 0 radical (unpaired) electrons. The molecule has 0 N–H and O–H groups in total. The summed E-state index contributed by atoms with van der Waals surface area (Å²) < 4.78 is 34.0. The predicted molar refractivity (Wildman–Crippen MR) is 101 cm³/mol. The van der Waals surface area contributed by atoms with Crippen molar-refractivity contribution in [2.24, 2.45) is 5.92 Å². The van der Waals surface area contributed by atoms with E-state index < -0.39 is 9.84 Å². The SMILES string of the molecule is O=S1(=O)CCC(Cc2nnc(SCc3cc(-c4ccc(Cl)cc4)no3)o2)C1. The van der Waals surface area contributed by atoms with E-state index in [1.54, 1.807) is 12.1 Å². The molecule has 1 aromatic carbocycles. The van der Waals surface area contributed by atoms with Crippen molar-refractivity contribution < 1.29 is 17.4 Å². The Kier molecular flexibility index (Phi) is 5.25. The van der Waals surface area contributed by atoms with Crippen LogP contribution >= 0.6 is 23.4 Å². The Bertz CT molecular complexity index is 1030. The van der Waals surface area contributed by atoms with Crippen LogP contribution in [0.5, 0.6) is 0 Å². The maximum absolute atomic E-state index is 11.5. The minimum Gasteiger partial charge on any atom is -0.416 e. The van der Waals surface area contributed by atoms with Gasteiger partial charge in [0.1, 0.15) is 11.5 Å². The lowest BCUT2D eigenvalue weighted by Gasteiger charge is -2.01. The minimum atomic E-state index is -2.90. The van der Waals surface area contributed by atoms with E-state index in [0.717, 1.165) is 11.3 Å². The molecular weight excluding hydrogens is 410 g/mol. The fourth-order valence-corrected chi connectivity index (χ4v) is 5.57. The number of nitrogens with zero attached hydrogens (tertiary/aromatic N) is 3. The summed E-state index contributed by atoms with van der Waals surface area (Å²) in [6, 6.07) is 9.22. The Morgan fingerprint density at radius 3 is 2.78 bits per heavy atom. The van der Waals surface area contributed by atoms with Gasteiger partial charge in [-0.2, -0.15) is 0 Å². The molecule has 142 valence electrons. The molecule has 4 rings (SSSR count). The van der Waals surface area contributed by atoms with Crippen LogP contribution in [-0.2, 0) is 22.0 Å². The molecule has 3 heterocycles. The number of halogens is 1. The Morgan fingerprint density at radius 1 is 1.22 bits per heavy atom. The average Bonchev–Trinajstić information content (AvgIpc) is 3.34. The van der Waals surface area contributed by atoms with Gasteiger partial charge >= 0.3 is 0 Å². The third-order valence-corrected chi connectivity index (χ3v) is 7.20. The highest BCUT2D eigenvalue weighted by Gasteiger charge is 2.29. The van der Waals surface area contributed by atoms with Gasteiger partial charge in [-0.05, 0) is 24.5 Å². The van der Waals surface area contributed by atoms with Gasteiger partial charge in [0.2, 0.25) is 5.89 Å². The van der Waals surface area contributed by atoms with Crippen molar-refractivity contribution in [2.45, 2.75) is 23.8 Å². The number of aromatic nitrogens is 3. The van der Waals surface area contributed by atoms with Crippen molar-refractivity contribution in [3.63, 3.8) is 0 Å². The first-order valence-corrected chi connectivity index (χ1v) is 11.5. The van der Waals surface area contributed by atoms with Gasteiger partial charge in [0, 0.05) is 23.1 Å². The number of rotatable bonds is 6. The number of thioether (sulfide) groups is 1. The van der Waals surface area contributed by atoms with E-state index in [1.165, 1.54) is 11.8 Å². The molecule has 2 aromatic heterocycles. The van der Waals surface area contributed by atoms with E-state index in [2.05, 4.69) is 15.4 Å². The van der Waals surface area contributed by atoms with Gasteiger partial charge in [-0.3, -0.25) is 0 Å². The van der Waals surface area contributed by atoms with E-state index in [-0.39, 0.29) is 17.4 Å². The molecule has 0 amide bonds. The Hall–Kier alpha value is -1.84. The van der Waals surface area contributed by atoms with Gasteiger partial charge in [-0.15, -0.1) is 10.2 Å². The molecule has 0 aliphatic carbocycles. The monoisotopic (exact) mass is 425 g/mol. The summed E-state index contributed by atoms with van der Waals surface area (Å²) >= 11 is 7.24. The molecule has 10 heteroatoms. The summed E-state index contributed by atoms with van der Waals surface area (Å²) in [5.41, 5.74) is 1.65. The molecule has 0 spiro atoms. The zero-order valence-electron chi connectivity index (χ0n) is 14.2. The maximum atomic E-state index is 11.5. The largest absolute Gasteiger partial charge is 0.416 e. The number of hydrogen-bond donors (Lipinski definition) is 0. The van der Waals surface area contributed by atoms with E-state index in [4.69, 9.17) is 20.5 Å². The Morgan fingerprint density at radius 2 is 2.04 bits per heavy atom. The Balaban J connectivity index is 1.33. The normalized spacial score (nSPS) is 18.8. The lowest BCUT2D eigenvalue weighted by molar-refractivity contribution is 0.385. The summed E-state index contributed by atoms with van der Waals surface area (Å²) in [6.45, 7) is 0. The first-order chi connectivity index (χ1) is 13.0. The van der Waals surface area contributed by atoms with E-state index in [9.17, 15) is 8.42 Å². The second-order valence-corrected chi connectivity index (χ2v) is 10.0. The highest BCUT2D eigenvalue weighted by Crippen LogP contribution is 2.27. The standard InChI is InChI=1S/C17H16ClN3O4S2/c18-13-3-1-12(2-4-13)15-8-14(25-21-15)9-26-17-20-19-16(24-17)7-11-5-6-27(22,23)10-11/h1-4,8,11H,5-7,9-10H2. The van der Waals surface area contributed by atoms with Crippen molar-refractivity contribution in [1.29, 1.82) is 0 Å². The number of sulfone groups is 1. The third-order valence-electron chi connectivity index (χ3n) is 4.28. The fraction of sp³-hybridized carbons (Fsp3) is 0.353. The second kappa shape index (κ2) is 7.65. The van der Waals surface area contributed by atoms with Crippen molar-refractivity contribution in [1.82, 2.24) is 15.4 Å². The number of hydrogen-bond acceptors (Lipinski definition) is 8. The fourth-order valence-electron chi connectivity index (χ4n) is 2.93. The summed E-state index contributed by atoms with van der Waals surface area (Å²) in [7, 11) is -2.90. The topological polar surface area (TPSA) is 99.1 Å². The molecule has 1 fully saturated rings. The molecule has 3 aromatic rings. The molecular formula is C17H16ClN3O4S2. The maximum Gasteiger partial charge on any atom is 0.277 e. The van der Waals surface area contributed by atoms with Gasteiger partial charge in [-0.1, -0.05) is 40.7 Å².